The molecule has 14 nitrogen and oxygen atoms in total. The predicted octanol–water partition coefficient (Wildman–Crippen LogP) is 5.26. The molecule has 362 valence electrons. The van der Waals surface area contributed by atoms with Crippen LogP contribution >= 0.6 is 0 Å². The van der Waals surface area contributed by atoms with E-state index in [0.29, 0.717) is 6.42 Å². The van der Waals surface area contributed by atoms with E-state index in [9.17, 15) is 45.6 Å². The van der Waals surface area contributed by atoms with Crippen LogP contribution in [0.15, 0.2) is 72.9 Å². The number of ether oxygens (including phenoxy) is 4. The van der Waals surface area contributed by atoms with Crippen molar-refractivity contribution in [3.05, 3.63) is 72.9 Å². The van der Waals surface area contributed by atoms with Gasteiger partial charge in [0.2, 0.25) is 5.91 Å². The summed E-state index contributed by atoms with van der Waals surface area (Å²) >= 11 is 0. The number of amides is 1. The number of aliphatic hydroxyl groups is 8. The molecular weight excluding hydrogens is 811 g/mol. The molecule has 2 fully saturated rings. The van der Waals surface area contributed by atoms with Gasteiger partial charge in [-0.15, -0.1) is 0 Å². The Morgan fingerprint density at radius 2 is 1.10 bits per heavy atom. The number of hydrogen-bond donors (Lipinski definition) is 9. The maximum Gasteiger partial charge on any atom is 0.220 e. The highest BCUT2D eigenvalue weighted by Crippen LogP contribution is 2.30. The molecule has 2 aliphatic rings. The lowest BCUT2D eigenvalue weighted by atomic mass is 9.97. The Bertz CT molecular complexity index is 1330. The van der Waals surface area contributed by atoms with E-state index in [1.807, 2.05) is 6.08 Å². The quantitative estimate of drug-likeness (QED) is 0.0297. The molecule has 12 unspecified atom stereocenters. The van der Waals surface area contributed by atoms with Gasteiger partial charge in [-0.1, -0.05) is 138 Å². The number of unbranched alkanes of at least 4 members (excludes halogenated alkanes) is 11. The first-order valence-corrected chi connectivity index (χ1v) is 23.7. The molecule has 0 spiro atoms. The maximum atomic E-state index is 13.1. The molecule has 2 heterocycles. The standard InChI is InChI=1S/C49H83NO13/c1-3-5-7-9-11-13-15-16-17-18-19-20-21-22-23-25-27-29-31-33-41(54)50-37(38(53)32-30-28-26-24-14-12-10-8-6-4-2)36-60-48-46(59)44(57)47(40(35-52)62-48)63-49-45(58)43(56)42(55)39(34-51)61-49/h5,7,11,13,16-17,19-20,22-23,30,32,37-40,42-49,51-53,55-59H,3-4,6,8-10,12,14-15,18,21,24-29,31,33-36H2,1-2H3,(H,50,54)/b7-5-,13-11-,17-16-,20-19-,23-22-,32-30+. The molecule has 1 amide bonds. The fraction of sp³-hybridized carbons (Fsp3) is 0.735. The molecular formula is C49H83NO13. The largest absolute Gasteiger partial charge is 0.394 e. The first-order valence-electron chi connectivity index (χ1n) is 23.7. The van der Waals surface area contributed by atoms with Gasteiger partial charge >= 0.3 is 0 Å². The van der Waals surface area contributed by atoms with Gasteiger partial charge in [0.1, 0.15) is 48.8 Å². The molecule has 0 radical (unpaired) electrons. The number of rotatable bonds is 34. The van der Waals surface area contributed by atoms with Crippen LogP contribution in [0.4, 0.5) is 0 Å². The van der Waals surface area contributed by atoms with E-state index in [4.69, 9.17) is 18.9 Å². The first-order chi connectivity index (χ1) is 30.6. The molecule has 0 aromatic rings. The van der Waals surface area contributed by atoms with Gasteiger partial charge in [0.15, 0.2) is 12.6 Å². The number of aliphatic hydroxyl groups excluding tert-OH is 8. The number of hydrogen-bond acceptors (Lipinski definition) is 13. The Morgan fingerprint density at radius 3 is 1.68 bits per heavy atom. The third kappa shape index (κ3) is 23.4. The zero-order valence-corrected chi connectivity index (χ0v) is 38.0. The average Bonchev–Trinajstić information content (AvgIpc) is 3.28. The molecule has 12 atom stereocenters. The third-order valence-electron chi connectivity index (χ3n) is 11.1. The summed E-state index contributed by atoms with van der Waals surface area (Å²) in [6.45, 7) is 2.59. The van der Waals surface area contributed by atoms with Crippen molar-refractivity contribution < 1.29 is 64.6 Å². The molecule has 0 aliphatic carbocycles. The second-order valence-electron chi connectivity index (χ2n) is 16.5. The minimum Gasteiger partial charge on any atom is -0.394 e. The molecule has 2 rings (SSSR count). The van der Waals surface area contributed by atoms with E-state index >= 15 is 0 Å². The van der Waals surface area contributed by atoms with Crippen molar-refractivity contribution in [2.45, 2.75) is 209 Å². The second-order valence-corrected chi connectivity index (χ2v) is 16.5. The van der Waals surface area contributed by atoms with Crippen LogP contribution < -0.4 is 5.32 Å². The molecule has 0 aromatic heterocycles. The van der Waals surface area contributed by atoms with Gasteiger partial charge in [-0.05, 0) is 64.2 Å². The number of nitrogens with one attached hydrogen (secondary N) is 1. The van der Waals surface area contributed by atoms with E-state index in [0.717, 1.165) is 77.0 Å². The Kier molecular flexibility index (Phi) is 32.0. The number of allylic oxidation sites excluding steroid dienone is 11. The Morgan fingerprint density at radius 1 is 0.587 bits per heavy atom. The summed E-state index contributed by atoms with van der Waals surface area (Å²) in [4.78, 5) is 13.1. The number of carbonyl (C=O) groups is 1. The SMILES string of the molecule is CC/C=C\C/C=C\C/C=C\C/C=C\C/C=C\CCCCCC(=O)NC(COC1OC(CO)C(OC2OC(CO)C(O)C(O)C2O)C(O)C1O)C(O)/C=C/CCCCCCCCCC. The van der Waals surface area contributed by atoms with Gasteiger partial charge in [-0.3, -0.25) is 4.79 Å². The van der Waals surface area contributed by atoms with Crippen LogP contribution in [0, 0.1) is 0 Å². The second kappa shape index (κ2) is 35.7. The fourth-order valence-corrected chi connectivity index (χ4v) is 7.26. The fourth-order valence-electron chi connectivity index (χ4n) is 7.26. The summed E-state index contributed by atoms with van der Waals surface area (Å²) in [5.74, 6) is -0.277. The minimum absolute atomic E-state index is 0.238. The zero-order chi connectivity index (χ0) is 46.1. The summed E-state index contributed by atoms with van der Waals surface area (Å²) in [5, 5.41) is 86.4. The minimum atomic E-state index is -1.79. The van der Waals surface area contributed by atoms with E-state index < -0.39 is 86.8 Å². The van der Waals surface area contributed by atoms with E-state index in [-0.39, 0.29) is 18.9 Å². The average molecular weight is 894 g/mol. The molecule has 14 heteroatoms. The molecule has 9 N–H and O–H groups in total. The predicted molar refractivity (Wildman–Crippen MR) is 244 cm³/mol. The van der Waals surface area contributed by atoms with Gasteiger partial charge in [-0.25, -0.2) is 0 Å². The van der Waals surface area contributed by atoms with Crippen LogP contribution in [-0.4, -0.2) is 140 Å². The highest BCUT2D eigenvalue weighted by atomic mass is 16.7. The van der Waals surface area contributed by atoms with E-state index in [1.165, 1.54) is 32.1 Å². The number of carbonyl (C=O) groups excluding carboxylic acids is 1. The van der Waals surface area contributed by atoms with E-state index in [2.05, 4.69) is 79.9 Å². The first kappa shape index (κ1) is 56.6. The van der Waals surface area contributed by atoms with Gasteiger partial charge < -0.3 is 65.1 Å². The lowest BCUT2D eigenvalue weighted by Crippen LogP contribution is -2.65. The molecule has 0 aromatic carbocycles. The van der Waals surface area contributed by atoms with Gasteiger partial charge in [0.25, 0.3) is 0 Å². The molecule has 2 aliphatic heterocycles. The van der Waals surface area contributed by atoms with Crippen LogP contribution in [-0.2, 0) is 23.7 Å². The summed E-state index contributed by atoms with van der Waals surface area (Å²) in [5.41, 5.74) is 0. The van der Waals surface area contributed by atoms with Crippen molar-refractivity contribution in [3.8, 4) is 0 Å². The smallest absolute Gasteiger partial charge is 0.220 e. The summed E-state index contributed by atoms with van der Waals surface area (Å²) in [6.07, 6.45) is 26.6. The summed E-state index contributed by atoms with van der Waals surface area (Å²) in [7, 11) is 0. The lowest BCUT2D eigenvalue weighted by Gasteiger charge is -2.46. The summed E-state index contributed by atoms with van der Waals surface area (Å²) < 4.78 is 22.6. The van der Waals surface area contributed by atoms with Gasteiger partial charge in [0, 0.05) is 6.42 Å². The summed E-state index contributed by atoms with van der Waals surface area (Å²) in [6, 6.07) is -0.933. The third-order valence-corrected chi connectivity index (χ3v) is 11.1. The normalized spacial score (nSPS) is 28.2. The van der Waals surface area contributed by atoms with Crippen molar-refractivity contribution in [3.63, 3.8) is 0 Å². The van der Waals surface area contributed by atoms with Crippen molar-refractivity contribution >= 4 is 5.91 Å². The lowest BCUT2D eigenvalue weighted by molar-refractivity contribution is -0.359. The molecule has 0 bridgehead atoms. The molecule has 2 saturated heterocycles. The maximum absolute atomic E-state index is 13.1. The Balaban J connectivity index is 1.87. The van der Waals surface area contributed by atoms with Crippen molar-refractivity contribution in [2.75, 3.05) is 19.8 Å². The highest BCUT2D eigenvalue weighted by molar-refractivity contribution is 5.76. The van der Waals surface area contributed by atoms with Gasteiger partial charge in [-0.2, -0.15) is 0 Å². The Hall–Kier alpha value is -2.57. The molecule has 0 saturated carbocycles. The van der Waals surface area contributed by atoms with Crippen LogP contribution in [0.5, 0.6) is 0 Å². The van der Waals surface area contributed by atoms with Crippen molar-refractivity contribution in [2.24, 2.45) is 0 Å². The van der Waals surface area contributed by atoms with Crippen LogP contribution in [0.25, 0.3) is 0 Å². The monoisotopic (exact) mass is 894 g/mol. The van der Waals surface area contributed by atoms with Crippen LogP contribution in [0.3, 0.4) is 0 Å². The van der Waals surface area contributed by atoms with Gasteiger partial charge in [0.05, 0.1) is 32.0 Å². The van der Waals surface area contributed by atoms with Crippen LogP contribution in [0.1, 0.15) is 136 Å². The van der Waals surface area contributed by atoms with Crippen molar-refractivity contribution in [1.82, 2.24) is 5.32 Å². The topological polar surface area (TPSA) is 228 Å². The molecule has 63 heavy (non-hydrogen) atoms. The zero-order valence-electron chi connectivity index (χ0n) is 38.0. The highest BCUT2D eigenvalue weighted by Gasteiger charge is 2.50. The van der Waals surface area contributed by atoms with E-state index in [1.54, 1.807) is 6.08 Å². The van der Waals surface area contributed by atoms with Crippen molar-refractivity contribution in [1.29, 1.82) is 0 Å². The Labute approximate surface area is 377 Å². The van der Waals surface area contributed by atoms with Crippen LogP contribution in [0.2, 0.25) is 0 Å².